The Kier molecular flexibility index (Phi) is 3.88. The van der Waals surface area contributed by atoms with E-state index in [2.05, 4.69) is 25.6 Å². The van der Waals surface area contributed by atoms with Crippen LogP contribution in [0.5, 0.6) is 0 Å². The van der Waals surface area contributed by atoms with Crippen molar-refractivity contribution in [2.75, 3.05) is 5.32 Å². The fourth-order valence-corrected chi connectivity index (χ4v) is 2.20. The van der Waals surface area contributed by atoms with Crippen LogP contribution in [0.2, 0.25) is 5.02 Å². The molecule has 0 aliphatic heterocycles. The Hall–Kier alpha value is -2.67. The number of nitrogens with one attached hydrogen (secondary N) is 2. The Morgan fingerprint density at radius 1 is 1.32 bits per heavy atom. The molecule has 3 rings (SSSR count). The van der Waals surface area contributed by atoms with Crippen LogP contribution in [0.25, 0.3) is 5.69 Å². The molecule has 0 aliphatic carbocycles. The number of halogens is 1. The largest absolute Gasteiger partial charge is 0.376 e. The third kappa shape index (κ3) is 2.84. The van der Waals surface area contributed by atoms with Crippen LogP contribution in [0, 0.1) is 0 Å². The topological polar surface area (TPSA) is 88.5 Å². The summed E-state index contributed by atoms with van der Waals surface area (Å²) in [6, 6.07) is 7.80. The van der Waals surface area contributed by atoms with Crippen molar-refractivity contribution in [1.29, 1.82) is 0 Å². The van der Waals surface area contributed by atoms with E-state index in [0.29, 0.717) is 5.69 Å². The van der Waals surface area contributed by atoms with Gasteiger partial charge in [0.2, 0.25) is 0 Å². The number of benzene rings is 1. The highest BCUT2D eigenvalue weighted by Crippen LogP contribution is 2.23. The van der Waals surface area contributed by atoms with Crippen molar-refractivity contribution < 1.29 is 0 Å². The number of anilines is 1. The quantitative estimate of drug-likeness (QED) is 0.770. The van der Waals surface area contributed by atoms with Gasteiger partial charge in [-0.15, -0.1) is 0 Å². The molecule has 0 radical (unpaired) electrons. The zero-order valence-corrected chi connectivity index (χ0v) is 12.4. The molecule has 2 N–H and O–H groups in total. The first kappa shape index (κ1) is 14.3. The van der Waals surface area contributed by atoms with E-state index < -0.39 is 5.56 Å². The summed E-state index contributed by atoms with van der Waals surface area (Å²) in [4.78, 5) is 15.3. The van der Waals surface area contributed by atoms with E-state index >= 15 is 0 Å². The predicted molar refractivity (Wildman–Crippen MR) is 83.3 cm³/mol. The standard InChI is InChI=1S/C14H13ClN6O/c1-9(19-12-6-17-20-14(22)13(12)15)10-2-4-11(5-3-10)21-8-16-7-18-21/h2-9H,1H3,(H2,19,20,22). The average molecular weight is 317 g/mol. The Morgan fingerprint density at radius 3 is 2.77 bits per heavy atom. The molecule has 2 aromatic heterocycles. The number of H-pyrrole nitrogens is 1. The van der Waals surface area contributed by atoms with Gasteiger partial charge in [-0.05, 0) is 24.6 Å². The molecule has 1 atom stereocenters. The maximum atomic E-state index is 11.4. The van der Waals surface area contributed by atoms with Crippen molar-refractivity contribution >= 4 is 17.3 Å². The van der Waals surface area contributed by atoms with Crippen molar-refractivity contribution in [1.82, 2.24) is 25.0 Å². The summed E-state index contributed by atoms with van der Waals surface area (Å²) in [7, 11) is 0. The van der Waals surface area contributed by atoms with Gasteiger partial charge in [0.25, 0.3) is 5.56 Å². The summed E-state index contributed by atoms with van der Waals surface area (Å²) in [6.45, 7) is 1.97. The lowest BCUT2D eigenvalue weighted by Crippen LogP contribution is -2.14. The van der Waals surface area contributed by atoms with Gasteiger partial charge in [-0.2, -0.15) is 10.2 Å². The number of hydrogen-bond acceptors (Lipinski definition) is 5. The Bertz CT molecular complexity index is 812. The fourth-order valence-electron chi connectivity index (χ4n) is 2.06. The second kappa shape index (κ2) is 5.98. The monoisotopic (exact) mass is 316 g/mol. The third-order valence-electron chi connectivity index (χ3n) is 3.24. The highest BCUT2D eigenvalue weighted by molar-refractivity contribution is 6.32. The minimum atomic E-state index is -0.416. The maximum absolute atomic E-state index is 11.4. The SMILES string of the molecule is CC(Nc1cn[nH]c(=O)c1Cl)c1ccc(-n2cncn2)cc1. The number of aromatic nitrogens is 5. The van der Waals surface area contributed by atoms with E-state index in [1.807, 2.05) is 31.2 Å². The summed E-state index contributed by atoms with van der Waals surface area (Å²) in [5.41, 5.74) is 2.04. The molecule has 0 aliphatic rings. The molecule has 0 amide bonds. The van der Waals surface area contributed by atoms with E-state index in [9.17, 15) is 4.79 Å². The molecule has 2 heterocycles. The van der Waals surface area contributed by atoms with Crippen LogP contribution in [0.3, 0.4) is 0 Å². The first-order valence-corrected chi connectivity index (χ1v) is 6.97. The molecule has 0 saturated heterocycles. The van der Waals surface area contributed by atoms with Gasteiger partial charge in [0.05, 0.1) is 17.6 Å². The summed E-state index contributed by atoms with van der Waals surface area (Å²) < 4.78 is 1.68. The first-order chi connectivity index (χ1) is 10.6. The molecule has 0 spiro atoms. The van der Waals surface area contributed by atoms with Gasteiger partial charge in [0.15, 0.2) is 0 Å². The van der Waals surface area contributed by atoms with Gasteiger partial charge in [-0.1, -0.05) is 23.7 Å². The number of rotatable bonds is 4. The molecule has 8 heteroatoms. The zero-order valence-electron chi connectivity index (χ0n) is 11.7. The molecule has 0 saturated carbocycles. The lowest BCUT2D eigenvalue weighted by Gasteiger charge is -2.16. The van der Waals surface area contributed by atoms with Crippen molar-refractivity contribution in [3.8, 4) is 5.69 Å². The van der Waals surface area contributed by atoms with Crippen LogP contribution in [0.15, 0.2) is 47.9 Å². The highest BCUT2D eigenvalue weighted by Gasteiger charge is 2.10. The molecule has 112 valence electrons. The molecule has 0 fully saturated rings. The van der Waals surface area contributed by atoms with Crippen LogP contribution in [-0.4, -0.2) is 25.0 Å². The summed E-state index contributed by atoms with van der Waals surface area (Å²) >= 11 is 5.95. The molecular weight excluding hydrogens is 304 g/mol. The summed E-state index contributed by atoms with van der Waals surface area (Å²) in [5, 5.41) is 13.4. The Balaban J connectivity index is 1.79. The van der Waals surface area contributed by atoms with Crippen LogP contribution in [-0.2, 0) is 0 Å². The number of aromatic amines is 1. The van der Waals surface area contributed by atoms with Crippen molar-refractivity contribution in [2.45, 2.75) is 13.0 Å². The lowest BCUT2D eigenvalue weighted by atomic mass is 10.1. The van der Waals surface area contributed by atoms with Gasteiger partial charge < -0.3 is 5.32 Å². The summed E-state index contributed by atoms with van der Waals surface area (Å²) in [5.74, 6) is 0. The second-order valence-electron chi connectivity index (χ2n) is 4.72. The minimum absolute atomic E-state index is 0.0362. The van der Waals surface area contributed by atoms with Gasteiger partial charge in [-0.25, -0.2) is 14.8 Å². The van der Waals surface area contributed by atoms with Gasteiger partial charge in [-0.3, -0.25) is 4.79 Å². The van der Waals surface area contributed by atoms with Crippen LogP contribution in [0.1, 0.15) is 18.5 Å². The molecule has 3 aromatic rings. The third-order valence-corrected chi connectivity index (χ3v) is 3.62. The van der Waals surface area contributed by atoms with Crippen molar-refractivity contribution in [3.63, 3.8) is 0 Å². The zero-order chi connectivity index (χ0) is 15.5. The lowest BCUT2D eigenvalue weighted by molar-refractivity contribution is 0.859. The molecule has 1 aromatic carbocycles. The minimum Gasteiger partial charge on any atom is -0.376 e. The van der Waals surface area contributed by atoms with Gasteiger partial charge in [0, 0.05) is 6.04 Å². The van der Waals surface area contributed by atoms with E-state index in [1.165, 1.54) is 12.5 Å². The molecule has 1 unspecified atom stereocenters. The van der Waals surface area contributed by atoms with Crippen LogP contribution in [0.4, 0.5) is 5.69 Å². The van der Waals surface area contributed by atoms with Crippen molar-refractivity contribution in [2.24, 2.45) is 0 Å². The average Bonchev–Trinajstić information content (AvgIpc) is 3.06. The van der Waals surface area contributed by atoms with Crippen LogP contribution < -0.4 is 10.9 Å². The van der Waals surface area contributed by atoms with Crippen molar-refractivity contribution in [3.05, 3.63) is 64.1 Å². The second-order valence-corrected chi connectivity index (χ2v) is 5.10. The van der Waals surface area contributed by atoms with Gasteiger partial charge >= 0.3 is 0 Å². The van der Waals surface area contributed by atoms with E-state index in [-0.39, 0.29) is 11.1 Å². The van der Waals surface area contributed by atoms with Gasteiger partial charge in [0.1, 0.15) is 17.7 Å². The Labute approximate surface area is 131 Å². The number of nitrogens with zero attached hydrogens (tertiary/aromatic N) is 4. The molecule has 22 heavy (non-hydrogen) atoms. The molecule has 7 nitrogen and oxygen atoms in total. The fraction of sp³-hybridized carbons (Fsp3) is 0.143. The summed E-state index contributed by atoms with van der Waals surface area (Å²) in [6.07, 6.45) is 4.61. The first-order valence-electron chi connectivity index (χ1n) is 6.60. The van der Waals surface area contributed by atoms with Crippen LogP contribution >= 0.6 is 11.6 Å². The maximum Gasteiger partial charge on any atom is 0.285 e. The van der Waals surface area contributed by atoms with E-state index in [1.54, 1.807) is 11.0 Å². The normalized spacial score (nSPS) is 12.1. The highest BCUT2D eigenvalue weighted by atomic mass is 35.5. The Morgan fingerprint density at radius 2 is 2.09 bits per heavy atom. The molecular formula is C14H13ClN6O. The van der Waals surface area contributed by atoms with E-state index in [4.69, 9.17) is 11.6 Å². The smallest absolute Gasteiger partial charge is 0.285 e. The van der Waals surface area contributed by atoms with E-state index in [0.717, 1.165) is 11.3 Å². The predicted octanol–water partition coefficient (Wildman–Crippen LogP) is 2.18. The number of hydrogen-bond donors (Lipinski definition) is 2. The molecule has 0 bridgehead atoms.